The van der Waals surface area contributed by atoms with Crippen LogP contribution in [0.15, 0.2) is 59.7 Å². The molecule has 3 rings (SSSR count). The highest BCUT2D eigenvalue weighted by atomic mass is 35.5. The van der Waals surface area contributed by atoms with Gasteiger partial charge >= 0.3 is 0 Å². The van der Waals surface area contributed by atoms with E-state index in [1.807, 2.05) is 30.3 Å². The Hall–Kier alpha value is -3.72. The van der Waals surface area contributed by atoms with E-state index in [-0.39, 0.29) is 12.3 Å². The topological polar surface area (TPSA) is 112 Å². The number of carbonyl (C=O) groups excluding carboxylic acids is 1. The number of hydrazone groups is 1. The minimum Gasteiger partial charge on any atom is -0.484 e. The number of hydrogen-bond acceptors (Lipinski definition) is 6. The Morgan fingerprint density at radius 3 is 2.62 bits per heavy atom. The molecule has 0 bridgehead atoms. The van der Waals surface area contributed by atoms with Gasteiger partial charge in [0, 0.05) is 12.1 Å². The van der Waals surface area contributed by atoms with Gasteiger partial charge in [0.1, 0.15) is 10.9 Å². The van der Waals surface area contributed by atoms with Crippen LogP contribution in [0.5, 0.6) is 5.75 Å². The van der Waals surface area contributed by atoms with Gasteiger partial charge in [0.2, 0.25) is 0 Å². The fourth-order valence-corrected chi connectivity index (χ4v) is 2.73. The van der Waals surface area contributed by atoms with Gasteiger partial charge in [-0.3, -0.25) is 14.9 Å². The van der Waals surface area contributed by atoms with Crippen molar-refractivity contribution in [3.05, 3.63) is 81.1 Å². The summed E-state index contributed by atoms with van der Waals surface area (Å²) in [6.07, 6.45) is 1.41. The number of amides is 1. The standard InChI is InChI=1S/C19H16ClN5O4/c1-13-17(19(20)24(23-13)14-5-3-2-4-6-14)11-21-22-18(26)12-29-16-9-7-15(8-10-16)25(27)28/h2-11H,12H2,1H3,(H,22,26). The Morgan fingerprint density at radius 1 is 1.28 bits per heavy atom. The maximum atomic E-state index is 11.9. The molecule has 29 heavy (non-hydrogen) atoms. The number of para-hydroxylation sites is 1. The molecule has 1 heterocycles. The molecule has 0 aliphatic carbocycles. The average Bonchev–Trinajstić information content (AvgIpc) is 3.01. The first-order valence-corrected chi connectivity index (χ1v) is 8.83. The van der Waals surface area contributed by atoms with Crippen LogP contribution in [-0.4, -0.2) is 33.4 Å². The van der Waals surface area contributed by atoms with Crippen LogP contribution in [0.3, 0.4) is 0 Å². The third-order valence-electron chi connectivity index (χ3n) is 3.85. The van der Waals surface area contributed by atoms with Gasteiger partial charge in [0.15, 0.2) is 6.61 Å². The predicted octanol–water partition coefficient (Wildman–Crippen LogP) is 3.27. The minimum absolute atomic E-state index is 0.0605. The molecular weight excluding hydrogens is 398 g/mol. The first kappa shape index (κ1) is 20.0. The molecule has 0 saturated carbocycles. The lowest BCUT2D eigenvalue weighted by Gasteiger charge is -2.04. The average molecular weight is 414 g/mol. The Balaban J connectivity index is 1.58. The van der Waals surface area contributed by atoms with Crippen LogP contribution >= 0.6 is 11.6 Å². The summed E-state index contributed by atoms with van der Waals surface area (Å²) in [4.78, 5) is 22.0. The highest BCUT2D eigenvalue weighted by molar-refractivity contribution is 6.32. The highest BCUT2D eigenvalue weighted by Gasteiger charge is 2.13. The van der Waals surface area contributed by atoms with Gasteiger partial charge < -0.3 is 4.74 Å². The van der Waals surface area contributed by atoms with Crippen molar-refractivity contribution in [2.24, 2.45) is 5.10 Å². The molecule has 3 aromatic rings. The highest BCUT2D eigenvalue weighted by Crippen LogP contribution is 2.22. The lowest BCUT2D eigenvalue weighted by molar-refractivity contribution is -0.384. The molecule has 0 aliphatic rings. The van der Waals surface area contributed by atoms with Crippen molar-refractivity contribution in [1.29, 1.82) is 0 Å². The third kappa shape index (κ3) is 4.96. The number of aromatic nitrogens is 2. The van der Waals surface area contributed by atoms with Crippen LogP contribution < -0.4 is 10.2 Å². The second kappa shape index (κ2) is 8.98. The van der Waals surface area contributed by atoms with Crippen molar-refractivity contribution < 1.29 is 14.5 Å². The van der Waals surface area contributed by atoms with E-state index in [4.69, 9.17) is 16.3 Å². The summed E-state index contributed by atoms with van der Waals surface area (Å²) < 4.78 is 6.84. The van der Waals surface area contributed by atoms with Crippen molar-refractivity contribution >= 4 is 29.4 Å². The Kier molecular flexibility index (Phi) is 6.20. The molecule has 1 aromatic heterocycles. The van der Waals surface area contributed by atoms with Gasteiger partial charge in [-0.05, 0) is 31.2 Å². The summed E-state index contributed by atoms with van der Waals surface area (Å²) in [5, 5.41) is 19.3. The van der Waals surface area contributed by atoms with Gasteiger partial charge in [-0.25, -0.2) is 10.1 Å². The van der Waals surface area contributed by atoms with Crippen molar-refractivity contribution in [2.75, 3.05) is 6.61 Å². The zero-order valence-electron chi connectivity index (χ0n) is 15.3. The monoisotopic (exact) mass is 413 g/mol. The fraction of sp³-hybridized carbons (Fsp3) is 0.105. The van der Waals surface area contributed by atoms with Crippen LogP contribution in [0.1, 0.15) is 11.3 Å². The molecule has 0 fully saturated rings. The number of carbonyl (C=O) groups is 1. The number of hydrogen-bond donors (Lipinski definition) is 1. The maximum absolute atomic E-state index is 11.9. The number of aryl methyl sites for hydroxylation is 1. The normalized spacial score (nSPS) is 10.8. The Labute approximate surface area is 170 Å². The van der Waals surface area contributed by atoms with Gasteiger partial charge in [-0.1, -0.05) is 29.8 Å². The van der Waals surface area contributed by atoms with Crippen molar-refractivity contribution in [3.8, 4) is 11.4 Å². The van der Waals surface area contributed by atoms with Crippen LogP contribution in [0.4, 0.5) is 5.69 Å². The summed E-state index contributed by atoms with van der Waals surface area (Å²) in [6, 6.07) is 14.8. The zero-order valence-corrected chi connectivity index (χ0v) is 16.0. The summed E-state index contributed by atoms with van der Waals surface area (Å²) in [5.41, 5.74) is 4.31. The van der Waals surface area contributed by atoms with E-state index in [0.717, 1.165) is 5.69 Å². The molecule has 0 radical (unpaired) electrons. The second-order valence-corrected chi connectivity index (χ2v) is 6.23. The van der Waals surface area contributed by atoms with E-state index in [1.54, 1.807) is 11.6 Å². The SMILES string of the molecule is Cc1nn(-c2ccccc2)c(Cl)c1C=NNC(=O)COc1ccc([N+](=O)[O-])cc1. The lowest BCUT2D eigenvalue weighted by Crippen LogP contribution is -2.24. The first-order chi connectivity index (χ1) is 14.0. The Bertz CT molecular complexity index is 1050. The number of halogens is 1. The molecule has 0 saturated heterocycles. The quantitative estimate of drug-likeness (QED) is 0.363. The van der Waals surface area contributed by atoms with Gasteiger partial charge in [0.25, 0.3) is 11.6 Å². The van der Waals surface area contributed by atoms with Gasteiger partial charge in [-0.2, -0.15) is 10.2 Å². The van der Waals surface area contributed by atoms with Crippen LogP contribution in [0.25, 0.3) is 5.69 Å². The zero-order chi connectivity index (χ0) is 20.8. The third-order valence-corrected chi connectivity index (χ3v) is 4.21. The summed E-state index contributed by atoms with van der Waals surface area (Å²) in [6.45, 7) is 1.48. The maximum Gasteiger partial charge on any atom is 0.277 e. The number of nitro groups is 1. The van der Waals surface area contributed by atoms with Crippen LogP contribution in [-0.2, 0) is 4.79 Å². The van der Waals surface area contributed by atoms with E-state index in [0.29, 0.717) is 22.2 Å². The number of benzene rings is 2. The van der Waals surface area contributed by atoms with Gasteiger partial charge in [0.05, 0.1) is 28.1 Å². The van der Waals surface area contributed by atoms with E-state index in [1.165, 1.54) is 30.5 Å². The first-order valence-electron chi connectivity index (χ1n) is 8.45. The predicted molar refractivity (Wildman–Crippen MR) is 108 cm³/mol. The molecule has 9 nitrogen and oxygen atoms in total. The molecule has 0 spiro atoms. The number of ether oxygens (including phenoxy) is 1. The number of nitrogens with zero attached hydrogens (tertiary/aromatic N) is 4. The molecule has 148 valence electrons. The summed E-state index contributed by atoms with van der Waals surface area (Å²) in [7, 11) is 0. The summed E-state index contributed by atoms with van der Waals surface area (Å²) in [5.74, 6) is -0.165. The molecule has 0 unspecified atom stereocenters. The number of nitrogens with one attached hydrogen (secondary N) is 1. The second-order valence-electron chi connectivity index (χ2n) is 5.87. The lowest BCUT2D eigenvalue weighted by atomic mass is 10.3. The van der Waals surface area contributed by atoms with E-state index in [9.17, 15) is 14.9 Å². The smallest absolute Gasteiger partial charge is 0.277 e. The number of nitro benzene ring substituents is 1. The van der Waals surface area contributed by atoms with Crippen molar-refractivity contribution in [2.45, 2.75) is 6.92 Å². The van der Waals surface area contributed by atoms with Crippen molar-refractivity contribution in [1.82, 2.24) is 15.2 Å². The Morgan fingerprint density at radius 2 is 1.97 bits per heavy atom. The van der Waals surface area contributed by atoms with Crippen LogP contribution in [0.2, 0.25) is 5.15 Å². The van der Waals surface area contributed by atoms with E-state index < -0.39 is 10.8 Å². The van der Waals surface area contributed by atoms with E-state index >= 15 is 0 Å². The van der Waals surface area contributed by atoms with Gasteiger partial charge in [-0.15, -0.1) is 0 Å². The number of rotatable bonds is 7. The summed E-state index contributed by atoms with van der Waals surface area (Å²) >= 11 is 6.38. The fourth-order valence-electron chi connectivity index (χ4n) is 2.41. The molecular formula is C19H16ClN5O4. The molecule has 10 heteroatoms. The largest absolute Gasteiger partial charge is 0.484 e. The molecule has 0 aliphatic heterocycles. The molecule has 2 aromatic carbocycles. The van der Waals surface area contributed by atoms with Crippen molar-refractivity contribution in [3.63, 3.8) is 0 Å². The molecule has 0 atom stereocenters. The van der Waals surface area contributed by atoms with Crippen LogP contribution in [0, 0.1) is 17.0 Å². The van der Waals surface area contributed by atoms with E-state index in [2.05, 4.69) is 15.6 Å². The minimum atomic E-state index is -0.516. The number of non-ortho nitro benzene ring substituents is 1. The molecule has 1 N–H and O–H groups in total. The molecule has 1 amide bonds.